The molecule has 1 N–H and O–H groups in total. The molecule has 0 amide bonds. The molecule has 1 unspecified atom stereocenters. The number of nitrogens with zero attached hydrogens (tertiary/aromatic N) is 3. The molecule has 2 aliphatic rings. The van der Waals surface area contributed by atoms with Crippen molar-refractivity contribution >= 4 is 0 Å². The van der Waals surface area contributed by atoms with Crippen molar-refractivity contribution in [2.24, 2.45) is 0 Å². The van der Waals surface area contributed by atoms with Crippen molar-refractivity contribution in [1.29, 1.82) is 0 Å². The van der Waals surface area contributed by atoms with E-state index in [0.29, 0.717) is 6.04 Å². The number of nitrogens with one attached hydrogen (secondary N) is 1. The molecule has 1 saturated heterocycles. The fourth-order valence-corrected chi connectivity index (χ4v) is 3.31. The standard InChI is InChI=1S/C14H24N4/c1-11(17-7-3-4-8-17)10-18-12(2)16-13-9-15-6-5-14(13)18/h11,15H,3-10H2,1-2H3. The highest BCUT2D eigenvalue weighted by Crippen LogP contribution is 2.19. The summed E-state index contributed by atoms with van der Waals surface area (Å²) >= 11 is 0. The van der Waals surface area contributed by atoms with Crippen molar-refractivity contribution in [2.75, 3.05) is 19.6 Å². The number of fused-ring (bicyclic) bond motifs is 1. The number of hydrogen-bond donors (Lipinski definition) is 1. The Kier molecular flexibility index (Phi) is 3.39. The highest BCUT2D eigenvalue weighted by atomic mass is 15.2. The third kappa shape index (κ3) is 2.19. The third-order valence-corrected chi connectivity index (χ3v) is 4.39. The molecule has 1 fully saturated rings. The maximum atomic E-state index is 4.71. The molecule has 2 aliphatic heterocycles. The maximum absolute atomic E-state index is 4.71. The molecule has 0 bridgehead atoms. The summed E-state index contributed by atoms with van der Waals surface area (Å²) in [5.41, 5.74) is 2.74. The Labute approximate surface area is 109 Å². The molecule has 1 aromatic rings. The van der Waals surface area contributed by atoms with Crippen LogP contribution in [0.4, 0.5) is 0 Å². The van der Waals surface area contributed by atoms with Crippen LogP contribution in [-0.4, -0.2) is 40.1 Å². The van der Waals surface area contributed by atoms with Crippen molar-refractivity contribution in [2.45, 2.75) is 52.2 Å². The van der Waals surface area contributed by atoms with Gasteiger partial charge in [0.05, 0.1) is 5.69 Å². The van der Waals surface area contributed by atoms with Crippen LogP contribution in [0.3, 0.4) is 0 Å². The van der Waals surface area contributed by atoms with Crippen LogP contribution in [0.2, 0.25) is 0 Å². The first kappa shape index (κ1) is 12.2. The van der Waals surface area contributed by atoms with Crippen molar-refractivity contribution in [3.63, 3.8) is 0 Å². The fourth-order valence-electron chi connectivity index (χ4n) is 3.31. The Bertz CT molecular complexity index is 418. The zero-order valence-electron chi connectivity index (χ0n) is 11.6. The Hall–Kier alpha value is -0.870. The second-order valence-corrected chi connectivity index (χ2v) is 5.68. The largest absolute Gasteiger partial charge is 0.330 e. The van der Waals surface area contributed by atoms with Gasteiger partial charge in [-0.2, -0.15) is 0 Å². The Morgan fingerprint density at radius 2 is 2.11 bits per heavy atom. The molecule has 100 valence electrons. The molecule has 3 heterocycles. The van der Waals surface area contributed by atoms with E-state index in [1.807, 2.05) is 0 Å². The van der Waals surface area contributed by atoms with Crippen LogP contribution in [0.1, 0.15) is 37.0 Å². The Morgan fingerprint density at radius 3 is 2.89 bits per heavy atom. The van der Waals surface area contributed by atoms with Gasteiger partial charge in [0.2, 0.25) is 0 Å². The van der Waals surface area contributed by atoms with Crippen LogP contribution < -0.4 is 5.32 Å². The average molecular weight is 248 g/mol. The SMILES string of the molecule is Cc1nc2c(n1CC(C)N1CCCC1)CCNC2. The van der Waals surface area contributed by atoms with E-state index in [4.69, 9.17) is 4.98 Å². The zero-order chi connectivity index (χ0) is 12.5. The lowest BCUT2D eigenvalue weighted by Gasteiger charge is -2.26. The summed E-state index contributed by atoms with van der Waals surface area (Å²) in [4.78, 5) is 7.33. The first-order valence-electron chi connectivity index (χ1n) is 7.25. The minimum atomic E-state index is 0.638. The lowest BCUT2D eigenvalue weighted by atomic mass is 10.1. The second-order valence-electron chi connectivity index (χ2n) is 5.68. The first-order valence-corrected chi connectivity index (χ1v) is 7.25. The zero-order valence-corrected chi connectivity index (χ0v) is 11.6. The summed E-state index contributed by atoms with van der Waals surface area (Å²) in [5.74, 6) is 1.19. The van der Waals surface area contributed by atoms with Crippen LogP contribution >= 0.6 is 0 Å². The summed E-state index contributed by atoms with van der Waals surface area (Å²) in [6, 6.07) is 0.638. The van der Waals surface area contributed by atoms with E-state index in [9.17, 15) is 0 Å². The fraction of sp³-hybridized carbons (Fsp3) is 0.786. The van der Waals surface area contributed by atoms with E-state index in [1.165, 1.54) is 43.1 Å². The van der Waals surface area contributed by atoms with Crippen molar-refractivity contribution in [3.8, 4) is 0 Å². The minimum absolute atomic E-state index is 0.638. The number of aromatic nitrogens is 2. The summed E-state index contributed by atoms with van der Waals surface area (Å²) in [6.07, 6.45) is 3.87. The number of hydrogen-bond acceptors (Lipinski definition) is 3. The second kappa shape index (κ2) is 5.02. The summed E-state index contributed by atoms with van der Waals surface area (Å²) in [5, 5.41) is 3.40. The van der Waals surface area contributed by atoms with Gasteiger partial charge in [-0.1, -0.05) is 0 Å². The van der Waals surface area contributed by atoms with Gasteiger partial charge in [0.1, 0.15) is 5.82 Å². The lowest BCUT2D eigenvalue weighted by molar-refractivity contribution is 0.233. The number of aryl methyl sites for hydroxylation is 1. The molecule has 0 aliphatic carbocycles. The van der Waals surface area contributed by atoms with Gasteiger partial charge in [0, 0.05) is 37.8 Å². The number of rotatable bonds is 3. The van der Waals surface area contributed by atoms with Gasteiger partial charge in [0.15, 0.2) is 0 Å². The van der Waals surface area contributed by atoms with E-state index < -0.39 is 0 Å². The quantitative estimate of drug-likeness (QED) is 0.876. The molecule has 0 saturated carbocycles. The van der Waals surface area contributed by atoms with Crippen molar-refractivity contribution in [1.82, 2.24) is 19.8 Å². The molecule has 1 aromatic heterocycles. The lowest BCUT2D eigenvalue weighted by Crippen LogP contribution is -2.35. The van der Waals surface area contributed by atoms with Crippen LogP contribution in [0.5, 0.6) is 0 Å². The topological polar surface area (TPSA) is 33.1 Å². The molecule has 0 spiro atoms. The van der Waals surface area contributed by atoms with Gasteiger partial charge >= 0.3 is 0 Å². The van der Waals surface area contributed by atoms with Crippen LogP contribution in [0.15, 0.2) is 0 Å². The van der Waals surface area contributed by atoms with Gasteiger partial charge in [-0.25, -0.2) is 4.98 Å². The maximum Gasteiger partial charge on any atom is 0.106 e. The third-order valence-electron chi connectivity index (χ3n) is 4.39. The van der Waals surface area contributed by atoms with Crippen LogP contribution in [0, 0.1) is 6.92 Å². The van der Waals surface area contributed by atoms with E-state index in [2.05, 4.69) is 28.6 Å². The van der Waals surface area contributed by atoms with Gasteiger partial charge < -0.3 is 9.88 Å². The Balaban J connectivity index is 1.77. The summed E-state index contributed by atoms with van der Waals surface area (Å²) in [7, 11) is 0. The smallest absolute Gasteiger partial charge is 0.106 e. The molecule has 1 atom stereocenters. The van der Waals surface area contributed by atoms with E-state index >= 15 is 0 Å². The van der Waals surface area contributed by atoms with E-state index in [1.54, 1.807) is 0 Å². The highest BCUT2D eigenvalue weighted by molar-refractivity contribution is 5.20. The molecule has 18 heavy (non-hydrogen) atoms. The minimum Gasteiger partial charge on any atom is -0.330 e. The normalized spacial score (nSPS) is 22.1. The molecular formula is C14H24N4. The highest BCUT2D eigenvalue weighted by Gasteiger charge is 2.22. The van der Waals surface area contributed by atoms with Gasteiger partial charge in [-0.3, -0.25) is 4.90 Å². The monoisotopic (exact) mass is 248 g/mol. The summed E-state index contributed by atoms with van der Waals surface area (Å²) < 4.78 is 2.46. The molecule has 4 nitrogen and oxygen atoms in total. The molecular weight excluding hydrogens is 224 g/mol. The van der Waals surface area contributed by atoms with Gasteiger partial charge in [-0.15, -0.1) is 0 Å². The molecule has 0 aromatic carbocycles. The summed E-state index contributed by atoms with van der Waals surface area (Å²) in [6.45, 7) is 10.2. The Morgan fingerprint density at radius 1 is 1.33 bits per heavy atom. The van der Waals surface area contributed by atoms with E-state index in [0.717, 1.165) is 26.1 Å². The first-order chi connectivity index (χ1) is 8.75. The number of likely N-dealkylation sites (tertiary alicyclic amines) is 1. The van der Waals surface area contributed by atoms with Gasteiger partial charge in [-0.05, 0) is 39.8 Å². The van der Waals surface area contributed by atoms with Gasteiger partial charge in [0.25, 0.3) is 0 Å². The van der Waals surface area contributed by atoms with E-state index in [-0.39, 0.29) is 0 Å². The average Bonchev–Trinajstić information content (AvgIpc) is 2.98. The predicted molar refractivity (Wildman–Crippen MR) is 72.6 cm³/mol. The molecule has 0 radical (unpaired) electrons. The van der Waals surface area contributed by atoms with Crippen molar-refractivity contribution in [3.05, 3.63) is 17.2 Å². The predicted octanol–water partition coefficient (Wildman–Crippen LogP) is 1.32. The van der Waals surface area contributed by atoms with Crippen LogP contribution in [0.25, 0.3) is 0 Å². The van der Waals surface area contributed by atoms with Crippen LogP contribution in [-0.2, 0) is 19.5 Å². The molecule has 4 heteroatoms. The van der Waals surface area contributed by atoms with Crippen molar-refractivity contribution < 1.29 is 0 Å². The number of imidazole rings is 1. The molecule has 3 rings (SSSR count).